The van der Waals surface area contributed by atoms with E-state index in [1.54, 1.807) is 39.0 Å². The Bertz CT molecular complexity index is 849. The summed E-state index contributed by atoms with van der Waals surface area (Å²) in [7, 11) is 0. The quantitative estimate of drug-likeness (QED) is 0.570. The van der Waals surface area contributed by atoms with Gasteiger partial charge in [0.1, 0.15) is 5.75 Å². The van der Waals surface area contributed by atoms with E-state index in [1.165, 1.54) is 24.3 Å². The lowest BCUT2D eigenvalue weighted by molar-refractivity contribution is -0.384. The van der Waals surface area contributed by atoms with Crippen LogP contribution in [0.15, 0.2) is 42.5 Å². The minimum atomic E-state index is -0.820. The van der Waals surface area contributed by atoms with Crippen LogP contribution >= 0.6 is 0 Å². The number of rotatable bonds is 7. The van der Waals surface area contributed by atoms with Crippen LogP contribution in [0.1, 0.15) is 25.8 Å². The van der Waals surface area contributed by atoms with E-state index in [1.807, 2.05) is 0 Å². The van der Waals surface area contributed by atoms with Crippen LogP contribution in [0.2, 0.25) is 0 Å². The molecule has 0 aliphatic rings. The molecule has 8 heteroatoms. The number of non-ortho nitro benzene ring substituents is 1. The molecule has 2 rings (SSSR count). The van der Waals surface area contributed by atoms with Crippen LogP contribution in [0.3, 0.4) is 0 Å². The van der Waals surface area contributed by atoms with Crippen molar-refractivity contribution in [1.29, 1.82) is 0 Å². The third-order valence-electron chi connectivity index (χ3n) is 3.92. The van der Waals surface area contributed by atoms with Crippen LogP contribution in [0.25, 0.3) is 0 Å². The van der Waals surface area contributed by atoms with Gasteiger partial charge in [-0.15, -0.1) is 0 Å². The molecule has 0 fully saturated rings. The Kier molecular flexibility index (Phi) is 6.48. The second kappa shape index (κ2) is 8.79. The molecule has 0 spiro atoms. The molecule has 0 aliphatic carbocycles. The van der Waals surface area contributed by atoms with Gasteiger partial charge in [-0.25, -0.2) is 0 Å². The van der Waals surface area contributed by atoms with Gasteiger partial charge in [0.05, 0.1) is 4.92 Å². The lowest BCUT2D eigenvalue weighted by Crippen LogP contribution is -2.30. The molecule has 1 unspecified atom stereocenters. The van der Waals surface area contributed by atoms with Crippen molar-refractivity contribution in [3.05, 3.63) is 58.1 Å². The van der Waals surface area contributed by atoms with Crippen LogP contribution in [0, 0.1) is 17.0 Å². The highest BCUT2D eigenvalue weighted by molar-refractivity contribution is 5.97. The van der Waals surface area contributed by atoms with Crippen molar-refractivity contribution >= 4 is 28.9 Å². The van der Waals surface area contributed by atoms with Crippen LogP contribution in [-0.2, 0) is 9.59 Å². The number of hydrogen-bond acceptors (Lipinski definition) is 5. The number of ether oxygens (including phenoxy) is 1. The number of anilines is 2. The molecule has 2 amide bonds. The first kappa shape index (κ1) is 19.9. The van der Waals surface area contributed by atoms with Gasteiger partial charge in [0.15, 0.2) is 6.10 Å². The summed E-state index contributed by atoms with van der Waals surface area (Å²) in [5.74, 6) is -0.143. The molecular weight excluding hydrogens is 350 g/mol. The minimum absolute atomic E-state index is 0.0546. The normalized spacial score (nSPS) is 11.4. The fraction of sp³-hybridized carbons (Fsp3) is 0.263. The second-order valence-electron chi connectivity index (χ2n) is 5.88. The molecule has 0 heterocycles. The number of carbonyl (C=O) groups is 2. The van der Waals surface area contributed by atoms with Crippen LogP contribution in [-0.4, -0.2) is 22.8 Å². The molecular formula is C19H21N3O5. The maximum Gasteiger partial charge on any atom is 0.269 e. The van der Waals surface area contributed by atoms with Crippen molar-refractivity contribution in [2.24, 2.45) is 0 Å². The van der Waals surface area contributed by atoms with E-state index < -0.39 is 11.0 Å². The van der Waals surface area contributed by atoms with Gasteiger partial charge in [0, 0.05) is 29.9 Å². The number of benzene rings is 2. The van der Waals surface area contributed by atoms with E-state index in [0.29, 0.717) is 23.5 Å². The lowest BCUT2D eigenvalue weighted by atomic mass is 10.1. The number of amides is 2. The molecule has 2 aromatic carbocycles. The highest BCUT2D eigenvalue weighted by atomic mass is 16.6. The first-order valence-electron chi connectivity index (χ1n) is 8.43. The minimum Gasteiger partial charge on any atom is -0.481 e. The predicted molar refractivity (Wildman–Crippen MR) is 102 cm³/mol. The summed E-state index contributed by atoms with van der Waals surface area (Å²) in [6.45, 7) is 5.13. The Morgan fingerprint density at radius 3 is 2.26 bits per heavy atom. The van der Waals surface area contributed by atoms with Crippen molar-refractivity contribution in [3.8, 4) is 5.75 Å². The molecule has 1 atom stereocenters. The van der Waals surface area contributed by atoms with Gasteiger partial charge in [0.25, 0.3) is 11.6 Å². The van der Waals surface area contributed by atoms with Crippen molar-refractivity contribution in [2.75, 3.05) is 10.6 Å². The maximum atomic E-state index is 12.4. The molecule has 8 nitrogen and oxygen atoms in total. The Balaban J connectivity index is 2.04. The van der Waals surface area contributed by atoms with Gasteiger partial charge in [-0.05, 0) is 43.7 Å². The molecule has 27 heavy (non-hydrogen) atoms. The van der Waals surface area contributed by atoms with Gasteiger partial charge >= 0.3 is 0 Å². The molecule has 0 radical (unpaired) electrons. The van der Waals surface area contributed by atoms with E-state index in [9.17, 15) is 19.7 Å². The van der Waals surface area contributed by atoms with Gasteiger partial charge in [-0.1, -0.05) is 13.0 Å². The molecule has 0 saturated heterocycles. The van der Waals surface area contributed by atoms with E-state index >= 15 is 0 Å². The Labute approximate surface area is 156 Å². The van der Waals surface area contributed by atoms with Gasteiger partial charge < -0.3 is 15.4 Å². The summed E-state index contributed by atoms with van der Waals surface area (Å²) >= 11 is 0. The highest BCUT2D eigenvalue weighted by Gasteiger charge is 2.17. The Morgan fingerprint density at radius 2 is 1.70 bits per heavy atom. The fourth-order valence-corrected chi connectivity index (χ4v) is 2.28. The zero-order valence-electron chi connectivity index (χ0n) is 15.3. The SMILES string of the molecule is CCC(=O)Nc1cccc(NC(=O)C(C)Oc2ccc([N+](=O)[O-])cc2)c1C. The average molecular weight is 371 g/mol. The van der Waals surface area contributed by atoms with Crippen molar-refractivity contribution in [1.82, 2.24) is 0 Å². The molecule has 142 valence electrons. The smallest absolute Gasteiger partial charge is 0.269 e. The fourth-order valence-electron chi connectivity index (χ4n) is 2.28. The molecule has 0 saturated carbocycles. The Hall–Kier alpha value is -3.42. The van der Waals surface area contributed by atoms with Crippen LogP contribution in [0.5, 0.6) is 5.75 Å². The molecule has 0 aliphatic heterocycles. The lowest BCUT2D eigenvalue weighted by Gasteiger charge is -2.17. The number of nitrogens with one attached hydrogen (secondary N) is 2. The van der Waals surface area contributed by atoms with Gasteiger partial charge in [-0.2, -0.15) is 0 Å². The largest absolute Gasteiger partial charge is 0.481 e. The second-order valence-corrected chi connectivity index (χ2v) is 5.88. The number of carbonyl (C=O) groups excluding carboxylic acids is 2. The topological polar surface area (TPSA) is 111 Å². The molecule has 0 aromatic heterocycles. The summed E-state index contributed by atoms with van der Waals surface area (Å²) in [5.41, 5.74) is 1.87. The molecule has 2 N–H and O–H groups in total. The standard InChI is InChI=1S/C19H21N3O5/c1-4-18(23)20-16-6-5-7-17(12(16)2)21-19(24)13(3)27-15-10-8-14(9-11-15)22(25)26/h5-11,13H,4H2,1-3H3,(H,20,23)(H,21,24). The van der Waals surface area contributed by atoms with Crippen molar-refractivity contribution in [2.45, 2.75) is 33.3 Å². The predicted octanol–water partition coefficient (Wildman–Crippen LogP) is 3.66. The number of nitrogens with zero attached hydrogens (tertiary/aromatic N) is 1. The van der Waals surface area contributed by atoms with Gasteiger partial charge in [0.2, 0.25) is 5.91 Å². The monoisotopic (exact) mass is 371 g/mol. The summed E-state index contributed by atoms with van der Waals surface area (Å²) < 4.78 is 5.53. The summed E-state index contributed by atoms with van der Waals surface area (Å²) in [5, 5.41) is 16.2. The summed E-state index contributed by atoms with van der Waals surface area (Å²) in [6, 6.07) is 10.7. The molecule has 0 bridgehead atoms. The van der Waals surface area contributed by atoms with E-state index in [-0.39, 0.29) is 17.5 Å². The zero-order valence-corrected chi connectivity index (χ0v) is 15.3. The first-order valence-corrected chi connectivity index (χ1v) is 8.43. The third-order valence-corrected chi connectivity index (χ3v) is 3.92. The van der Waals surface area contributed by atoms with E-state index in [0.717, 1.165) is 5.56 Å². The van der Waals surface area contributed by atoms with Crippen LogP contribution < -0.4 is 15.4 Å². The number of nitro groups is 1. The van der Waals surface area contributed by atoms with E-state index in [4.69, 9.17) is 4.74 Å². The van der Waals surface area contributed by atoms with E-state index in [2.05, 4.69) is 10.6 Å². The maximum absolute atomic E-state index is 12.4. The van der Waals surface area contributed by atoms with Crippen molar-refractivity contribution in [3.63, 3.8) is 0 Å². The third kappa shape index (κ3) is 5.27. The molecule has 2 aromatic rings. The average Bonchev–Trinajstić information content (AvgIpc) is 2.65. The zero-order chi connectivity index (χ0) is 20.0. The van der Waals surface area contributed by atoms with Crippen molar-refractivity contribution < 1.29 is 19.2 Å². The number of nitro benzene ring substituents is 1. The van der Waals surface area contributed by atoms with Crippen LogP contribution in [0.4, 0.5) is 17.1 Å². The Morgan fingerprint density at radius 1 is 1.11 bits per heavy atom. The number of hydrogen-bond donors (Lipinski definition) is 2. The van der Waals surface area contributed by atoms with Gasteiger partial charge in [-0.3, -0.25) is 19.7 Å². The summed E-state index contributed by atoms with van der Waals surface area (Å²) in [4.78, 5) is 34.1. The summed E-state index contributed by atoms with van der Waals surface area (Å²) in [6.07, 6.45) is -0.462. The first-order chi connectivity index (χ1) is 12.8. The highest BCUT2D eigenvalue weighted by Crippen LogP contribution is 2.24.